The number of hydrogen-bond acceptors (Lipinski definition) is 4. The first kappa shape index (κ1) is 8.68. The van der Waals surface area contributed by atoms with Crippen LogP contribution in [-0.2, 0) is 0 Å². The van der Waals surface area contributed by atoms with Gasteiger partial charge in [-0.25, -0.2) is 4.98 Å². The van der Waals surface area contributed by atoms with E-state index in [-0.39, 0.29) is 0 Å². The van der Waals surface area contributed by atoms with Crippen LogP contribution in [0.15, 0.2) is 11.6 Å². The van der Waals surface area contributed by atoms with E-state index in [0.717, 1.165) is 24.3 Å². The van der Waals surface area contributed by atoms with Gasteiger partial charge in [-0.05, 0) is 12.8 Å². The summed E-state index contributed by atoms with van der Waals surface area (Å²) in [6, 6.07) is 0.867. The van der Waals surface area contributed by atoms with Gasteiger partial charge in [0.25, 0.3) is 5.19 Å². The molecule has 0 atom stereocenters. The molecule has 76 valence electrons. The maximum Gasteiger partial charge on any atom is 0.273 e. The summed E-state index contributed by atoms with van der Waals surface area (Å²) in [7, 11) is 0. The predicted molar refractivity (Wildman–Crippen MR) is 55.7 cm³/mol. The highest BCUT2D eigenvalue weighted by Gasteiger charge is 2.36. The van der Waals surface area contributed by atoms with E-state index in [9.17, 15) is 0 Å². The smallest absolute Gasteiger partial charge is 0.273 e. The van der Waals surface area contributed by atoms with Gasteiger partial charge in [0.2, 0.25) is 0 Å². The fraction of sp³-hybridized carbons (Fsp3) is 0.700. The molecule has 0 bridgehead atoms. The Kier molecular flexibility index (Phi) is 2.18. The van der Waals surface area contributed by atoms with Crippen LogP contribution in [0.25, 0.3) is 0 Å². The number of hydrogen-bond donors (Lipinski definition) is 0. The van der Waals surface area contributed by atoms with Crippen LogP contribution in [-0.4, -0.2) is 35.1 Å². The van der Waals surface area contributed by atoms with Gasteiger partial charge in [-0.2, -0.15) is 0 Å². The second-order valence-corrected chi connectivity index (χ2v) is 4.93. The molecule has 4 heteroatoms. The SMILES string of the molecule is c1csc(OC2CN(C3CCC3)C2)n1. The third-order valence-corrected chi connectivity index (χ3v) is 3.81. The Labute approximate surface area is 87.7 Å². The summed E-state index contributed by atoms with van der Waals surface area (Å²) in [5.41, 5.74) is 0. The lowest BCUT2D eigenvalue weighted by molar-refractivity contribution is -0.0308. The van der Waals surface area contributed by atoms with E-state index in [4.69, 9.17) is 4.74 Å². The van der Waals surface area contributed by atoms with Crippen LogP contribution in [0.3, 0.4) is 0 Å². The van der Waals surface area contributed by atoms with Crippen molar-refractivity contribution in [3.8, 4) is 5.19 Å². The Hall–Kier alpha value is -0.610. The van der Waals surface area contributed by atoms with Crippen molar-refractivity contribution in [2.45, 2.75) is 31.4 Å². The number of thiazole rings is 1. The van der Waals surface area contributed by atoms with Gasteiger partial charge < -0.3 is 4.74 Å². The normalized spacial score (nSPS) is 24.3. The Balaban J connectivity index is 1.45. The van der Waals surface area contributed by atoms with Gasteiger partial charge in [-0.3, -0.25) is 4.90 Å². The minimum absolute atomic E-state index is 0.391. The lowest BCUT2D eigenvalue weighted by Crippen LogP contribution is -2.59. The van der Waals surface area contributed by atoms with Gasteiger partial charge in [0.05, 0.1) is 0 Å². The van der Waals surface area contributed by atoms with Crippen molar-refractivity contribution in [3.63, 3.8) is 0 Å². The highest BCUT2D eigenvalue weighted by molar-refractivity contribution is 7.11. The first-order valence-corrected chi connectivity index (χ1v) is 6.10. The fourth-order valence-electron chi connectivity index (χ4n) is 2.01. The largest absolute Gasteiger partial charge is 0.464 e. The molecule has 0 amide bonds. The molecule has 1 saturated heterocycles. The maximum absolute atomic E-state index is 5.71. The molecule has 3 nitrogen and oxygen atoms in total. The number of rotatable bonds is 3. The Morgan fingerprint density at radius 1 is 1.43 bits per heavy atom. The average Bonchev–Trinajstić information content (AvgIpc) is 2.49. The molecule has 1 aliphatic carbocycles. The minimum Gasteiger partial charge on any atom is -0.464 e. The number of likely N-dealkylation sites (tertiary alicyclic amines) is 1. The van der Waals surface area contributed by atoms with E-state index in [2.05, 4.69) is 9.88 Å². The van der Waals surface area contributed by atoms with Crippen molar-refractivity contribution in [1.29, 1.82) is 0 Å². The zero-order chi connectivity index (χ0) is 9.38. The highest BCUT2D eigenvalue weighted by Crippen LogP contribution is 2.30. The lowest BCUT2D eigenvalue weighted by Gasteiger charge is -2.47. The molecule has 1 aliphatic heterocycles. The van der Waals surface area contributed by atoms with Crippen LogP contribution in [0.2, 0.25) is 0 Å². The van der Waals surface area contributed by atoms with Crippen LogP contribution < -0.4 is 4.74 Å². The number of ether oxygens (including phenoxy) is 1. The Bertz CT molecular complexity index is 291. The molecule has 14 heavy (non-hydrogen) atoms. The molecule has 0 aromatic carbocycles. The van der Waals surface area contributed by atoms with Gasteiger partial charge in [0, 0.05) is 30.7 Å². The van der Waals surface area contributed by atoms with E-state index in [1.807, 2.05) is 5.38 Å². The Morgan fingerprint density at radius 3 is 2.86 bits per heavy atom. The van der Waals surface area contributed by atoms with E-state index in [1.165, 1.54) is 19.3 Å². The predicted octanol–water partition coefficient (Wildman–Crippen LogP) is 1.76. The second kappa shape index (κ2) is 3.51. The van der Waals surface area contributed by atoms with Gasteiger partial charge >= 0.3 is 0 Å². The topological polar surface area (TPSA) is 25.4 Å². The van der Waals surface area contributed by atoms with Crippen LogP contribution in [0, 0.1) is 0 Å². The van der Waals surface area contributed by atoms with Crippen molar-refractivity contribution in [2.24, 2.45) is 0 Å². The van der Waals surface area contributed by atoms with E-state index >= 15 is 0 Å². The van der Waals surface area contributed by atoms with Gasteiger partial charge in [-0.15, -0.1) is 0 Å². The molecular weight excluding hydrogens is 196 g/mol. The van der Waals surface area contributed by atoms with Gasteiger partial charge in [-0.1, -0.05) is 17.8 Å². The molecule has 0 spiro atoms. The zero-order valence-corrected chi connectivity index (χ0v) is 8.87. The molecular formula is C10H14N2OS. The van der Waals surface area contributed by atoms with E-state index in [1.54, 1.807) is 17.5 Å². The summed E-state index contributed by atoms with van der Waals surface area (Å²) in [6.45, 7) is 2.20. The average molecular weight is 210 g/mol. The third-order valence-electron chi connectivity index (χ3n) is 3.14. The summed E-state index contributed by atoms with van der Waals surface area (Å²) >= 11 is 1.58. The quantitative estimate of drug-likeness (QED) is 0.760. The number of aromatic nitrogens is 1. The van der Waals surface area contributed by atoms with Crippen LogP contribution in [0.1, 0.15) is 19.3 Å². The van der Waals surface area contributed by atoms with Crippen molar-refractivity contribution in [2.75, 3.05) is 13.1 Å². The fourth-order valence-corrected chi connectivity index (χ4v) is 2.56. The molecule has 0 N–H and O–H groups in total. The van der Waals surface area contributed by atoms with Crippen molar-refractivity contribution < 1.29 is 4.74 Å². The highest BCUT2D eigenvalue weighted by atomic mass is 32.1. The first-order valence-electron chi connectivity index (χ1n) is 5.22. The standard InChI is InChI=1S/C10H14N2OS/c1-2-8(3-1)12-6-9(7-12)13-10-11-4-5-14-10/h4-5,8-9H,1-3,6-7H2. The minimum atomic E-state index is 0.391. The Morgan fingerprint density at radius 2 is 2.29 bits per heavy atom. The van der Waals surface area contributed by atoms with Crippen LogP contribution >= 0.6 is 11.3 Å². The summed E-state index contributed by atoms with van der Waals surface area (Å²) in [4.78, 5) is 6.65. The summed E-state index contributed by atoms with van der Waals surface area (Å²) in [6.07, 6.45) is 6.39. The molecule has 1 saturated carbocycles. The molecule has 2 fully saturated rings. The molecule has 0 radical (unpaired) electrons. The van der Waals surface area contributed by atoms with Gasteiger partial charge in [0.15, 0.2) is 0 Å². The van der Waals surface area contributed by atoms with Crippen molar-refractivity contribution in [1.82, 2.24) is 9.88 Å². The first-order chi connectivity index (χ1) is 6.92. The summed E-state index contributed by atoms with van der Waals surface area (Å²) < 4.78 is 5.71. The van der Waals surface area contributed by atoms with Crippen LogP contribution in [0.4, 0.5) is 0 Å². The number of nitrogens with zero attached hydrogens (tertiary/aromatic N) is 2. The summed E-state index contributed by atoms with van der Waals surface area (Å²) in [5.74, 6) is 0. The van der Waals surface area contributed by atoms with E-state index < -0.39 is 0 Å². The van der Waals surface area contributed by atoms with Gasteiger partial charge in [0.1, 0.15) is 6.10 Å². The molecule has 0 unspecified atom stereocenters. The molecule has 1 aromatic rings. The molecule has 3 rings (SSSR count). The molecule has 2 heterocycles. The lowest BCUT2D eigenvalue weighted by atomic mass is 9.89. The molecule has 1 aromatic heterocycles. The third kappa shape index (κ3) is 1.53. The monoisotopic (exact) mass is 210 g/mol. The van der Waals surface area contributed by atoms with Crippen molar-refractivity contribution >= 4 is 11.3 Å². The van der Waals surface area contributed by atoms with Crippen LogP contribution in [0.5, 0.6) is 5.19 Å². The van der Waals surface area contributed by atoms with E-state index in [0.29, 0.717) is 6.10 Å². The zero-order valence-electron chi connectivity index (χ0n) is 8.06. The second-order valence-electron chi connectivity index (χ2n) is 4.08. The maximum atomic E-state index is 5.71. The van der Waals surface area contributed by atoms with Crippen molar-refractivity contribution in [3.05, 3.63) is 11.6 Å². The summed E-state index contributed by atoms with van der Waals surface area (Å²) in [5, 5.41) is 2.78. The molecule has 2 aliphatic rings.